The van der Waals surface area contributed by atoms with Crippen LogP contribution in [0.2, 0.25) is 0 Å². The van der Waals surface area contributed by atoms with E-state index in [2.05, 4.69) is 21.8 Å². The maximum absolute atomic E-state index is 5.63. The Morgan fingerprint density at radius 2 is 1.85 bits per heavy atom. The van der Waals surface area contributed by atoms with Crippen LogP contribution in [0.25, 0.3) is 0 Å². The standard InChI is InChI=1S/C14H15N5S/c15-6-2-5-10-3-1-4-11(7-10)9-20-14-18-12(16)8-13(17)19-14/h1,3-4,7-8H,6,9,15H2,(H4,16,17,18,19). The molecule has 0 spiro atoms. The quantitative estimate of drug-likeness (QED) is 0.445. The average Bonchev–Trinajstić information content (AvgIpc) is 2.42. The third kappa shape index (κ3) is 4.16. The van der Waals surface area contributed by atoms with Gasteiger partial charge in [0.1, 0.15) is 11.6 Å². The molecular formula is C14H15N5S. The molecule has 6 heteroatoms. The molecule has 0 saturated carbocycles. The minimum Gasteiger partial charge on any atom is -0.383 e. The molecule has 6 N–H and O–H groups in total. The van der Waals surface area contributed by atoms with Gasteiger partial charge in [0.25, 0.3) is 0 Å². The van der Waals surface area contributed by atoms with Gasteiger partial charge in [-0.05, 0) is 17.7 Å². The number of thioether (sulfide) groups is 1. The van der Waals surface area contributed by atoms with Crippen molar-refractivity contribution in [3.63, 3.8) is 0 Å². The lowest BCUT2D eigenvalue weighted by atomic mass is 10.1. The Bertz CT molecular complexity index is 640. The first-order valence-electron chi connectivity index (χ1n) is 5.98. The maximum Gasteiger partial charge on any atom is 0.191 e. The SMILES string of the molecule is NCC#Cc1cccc(CSc2nc(N)cc(N)n2)c1. The number of nitrogens with zero attached hydrogens (tertiary/aromatic N) is 2. The molecule has 1 aromatic heterocycles. The fourth-order valence-corrected chi connectivity index (χ4v) is 2.38. The summed E-state index contributed by atoms with van der Waals surface area (Å²) in [5.74, 6) is 7.32. The van der Waals surface area contributed by atoms with Gasteiger partial charge in [0.15, 0.2) is 5.16 Å². The molecule has 2 rings (SSSR count). The molecule has 0 atom stereocenters. The summed E-state index contributed by atoms with van der Waals surface area (Å²) in [7, 11) is 0. The summed E-state index contributed by atoms with van der Waals surface area (Å²) in [4.78, 5) is 8.25. The van der Waals surface area contributed by atoms with Gasteiger partial charge in [0.2, 0.25) is 0 Å². The highest BCUT2D eigenvalue weighted by Crippen LogP contribution is 2.21. The largest absolute Gasteiger partial charge is 0.383 e. The molecule has 0 radical (unpaired) electrons. The second kappa shape index (κ2) is 6.80. The van der Waals surface area contributed by atoms with E-state index in [0.717, 1.165) is 16.9 Å². The number of hydrogen-bond acceptors (Lipinski definition) is 6. The average molecular weight is 285 g/mol. The van der Waals surface area contributed by atoms with E-state index in [1.807, 2.05) is 24.3 Å². The lowest BCUT2D eigenvalue weighted by Crippen LogP contribution is -1.99. The van der Waals surface area contributed by atoms with Crippen LogP contribution in [0, 0.1) is 11.8 Å². The Kier molecular flexibility index (Phi) is 4.82. The van der Waals surface area contributed by atoms with Crippen molar-refractivity contribution in [2.45, 2.75) is 10.9 Å². The number of nitrogen functional groups attached to an aromatic ring is 2. The van der Waals surface area contributed by atoms with Crippen LogP contribution >= 0.6 is 11.8 Å². The zero-order valence-corrected chi connectivity index (χ0v) is 11.7. The van der Waals surface area contributed by atoms with Crippen LogP contribution in [-0.2, 0) is 5.75 Å². The van der Waals surface area contributed by atoms with E-state index >= 15 is 0 Å². The van der Waals surface area contributed by atoms with Gasteiger partial charge in [0, 0.05) is 17.4 Å². The molecular weight excluding hydrogens is 270 g/mol. The lowest BCUT2D eigenvalue weighted by Gasteiger charge is -2.03. The molecule has 20 heavy (non-hydrogen) atoms. The normalized spacial score (nSPS) is 9.85. The molecule has 1 aromatic carbocycles. The van der Waals surface area contributed by atoms with E-state index in [1.54, 1.807) is 0 Å². The monoisotopic (exact) mass is 285 g/mol. The van der Waals surface area contributed by atoms with Gasteiger partial charge < -0.3 is 17.2 Å². The van der Waals surface area contributed by atoms with E-state index in [9.17, 15) is 0 Å². The minimum absolute atomic E-state index is 0.357. The lowest BCUT2D eigenvalue weighted by molar-refractivity contribution is 0.984. The molecule has 0 saturated heterocycles. The Balaban J connectivity index is 2.07. The molecule has 0 fully saturated rings. The molecule has 0 aliphatic carbocycles. The fourth-order valence-electron chi connectivity index (χ4n) is 1.57. The van der Waals surface area contributed by atoms with E-state index in [4.69, 9.17) is 17.2 Å². The second-order valence-electron chi connectivity index (χ2n) is 4.00. The van der Waals surface area contributed by atoms with Crippen molar-refractivity contribution in [1.29, 1.82) is 0 Å². The van der Waals surface area contributed by atoms with Crippen molar-refractivity contribution < 1.29 is 0 Å². The van der Waals surface area contributed by atoms with Crippen molar-refractivity contribution in [2.24, 2.45) is 5.73 Å². The van der Waals surface area contributed by atoms with Crippen molar-refractivity contribution in [1.82, 2.24) is 9.97 Å². The number of benzene rings is 1. The van der Waals surface area contributed by atoms with Gasteiger partial charge in [-0.3, -0.25) is 0 Å². The van der Waals surface area contributed by atoms with Crippen LogP contribution < -0.4 is 17.2 Å². The number of aromatic nitrogens is 2. The molecule has 0 aliphatic rings. The van der Waals surface area contributed by atoms with Crippen LogP contribution in [0.3, 0.4) is 0 Å². The van der Waals surface area contributed by atoms with Crippen LogP contribution in [0.1, 0.15) is 11.1 Å². The first kappa shape index (κ1) is 14.2. The van der Waals surface area contributed by atoms with Crippen molar-refractivity contribution >= 4 is 23.4 Å². The second-order valence-corrected chi connectivity index (χ2v) is 4.94. The first-order valence-corrected chi connectivity index (χ1v) is 6.96. The summed E-state index contributed by atoms with van der Waals surface area (Å²) in [6.07, 6.45) is 0. The Morgan fingerprint density at radius 1 is 1.10 bits per heavy atom. The molecule has 0 bridgehead atoms. The summed E-state index contributed by atoms with van der Waals surface area (Å²) in [6.45, 7) is 0.357. The summed E-state index contributed by atoms with van der Waals surface area (Å²) in [6, 6.07) is 9.49. The van der Waals surface area contributed by atoms with Gasteiger partial charge in [-0.25, -0.2) is 9.97 Å². The molecule has 0 aliphatic heterocycles. The molecule has 102 valence electrons. The van der Waals surface area contributed by atoms with Crippen LogP contribution in [-0.4, -0.2) is 16.5 Å². The molecule has 0 amide bonds. The zero-order valence-electron chi connectivity index (χ0n) is 10.8. The van der Waals surface area contributed by atoms with Crippen LogP contribution in [0.5, 0.6) is 0 Å². The van der Waals surface area contributed by atoms with Crippen LogP contribution in [0.15, 0.2) is 35.5 Å². The van der Waals surface area contributed by atoms with Crippen molar-refractivity contribution in [2.75, 3.05) is 18.0 Å². The predicted octanol–water partition coefficient (Wildman–Crippen LogP) is 1.24. The van der Waals surface area contributed by atoms with Gasteiger partial charge >= 0.3 is 0 Å². The van der Waals surface area contributed by atoms with E-state index in [0.29, 0.717) is 23.3 Å². The summed E-state index contributed by atoms with van der Waals surface area (Å²) < 4.78 is 0. The molecule has 0 unspecified atom stereocenters. The zero-order chi connectivity index (χ0) is 14.4. The summed E-state index contributed by atoms with van der Waals surface area (Å²) in [5.41, 5.74) is 18.7. The van der Waals surface area contributed by atoms with E-state index in [1.165, 1.54) is 17.8 Å². The Morgan fingerprint density at radius 3 is 2.55 bits per heavy atom. The molecule has 1 heterocycles. The van der Waals surface area contributed by atoms with Gasteiger partial charge in [-0.15, -0.1) is 0 Å². The topological polar surface area (TPSA) is 104 Å². The number of nitrogens with two attached hydrogens (primary N) is 3. The van der Waals surface area contributed by atoms with Crippen LogP contribution in [0.4, 0.5) is 11.6 Å². The smallest absolute Gasteiger partial charge is 0.191 e. The molecule has 2 aromatic rings. The third-order valence-electron chi connectivity index (χ3n) is 2.37. The van der Waals surface area contributed by atoms with Gasteiger partial charge in [0.05, 0.1) is 6.54 Å². The third-order valence-corrected chi connectivity index (χ3v) is 3.29. The molecule has 5 nitrogen and oxygen atoms in total. The van der Waals surface area contributed by atoms with Gasteiger partial charge in [-0.2, -0.15) is 0 Å². The minimum atomic E-state index is 0.357. The summed E-state index contributed by atoms with van der Waals surface area (Å²) >= 11 is 1.48. The highest BCUT2D eigenvalue weighted by atomic mass is 32.2. The van der Waals surface area contributed by atoms with Crippen molar-refractivity contribution in [3.8, 4) is 11.8 Å². The highest BCUT2D eigenvalue weighted by Gasteiger charge is 2.02. The Labute approximate surface area is 122 Å². The predicted molar refractivity (Wildman–Crippen MR) is 82.8 cm³/mol. The maximum atomic E-state index is 5.63. The summed E-state index contributed by atoms with van der Waals surface area (Å²) in [5, 5.41) is 0.570. The number of rotatable bonds is 3. The Hall–Kier alpha value is -2.23. The number of anilines is 2. The van der Waals surface area contributed by atoms with E-state index in [-0.39, 0.29) is 0 Å². The number of hydrogen-bond donors (Lipinski definition) is 3. The fraction of sp³-hybridized carbons (Fsp3) is 0.143. The highest BCUT2D eigenvalue weighted by molar-refractivity contribution is 7.98. The first-order chi connectivity index (χ1) is 9.67. The van der Waals surface area contributed by atoms with Crippen molar-refractivity contribution in [3.05, 3.63) is 41.5 Å². The van der Waals surface area contributed by atoms with Gasteiger partial charge in [-0.1, -0.05) is 35.7 Å². The van der Waals surface area contributed by atoms with E-state index < -0.39 is 0 Å².